The fourth-order valence-corrected chi connectivity index (χ4v) is 1.08. The van der Waals surface area contributed by atoms with Crippen molar-refractivity contribution in [3.63, 3.8) is 0 Å². The molecular formula is C13H14O4. The zero-order valence-electron chi connectivity index (χ0n) is 9.60. The summed E-state index contributed by atoms with van der Waals surface area (Å²) in [7, 11) is 0. The Morgan fingerprint density at radius 2 is 1.82 bits per heavy atom. The second-order valence-electron chi connectivity index (χ2n) is 3.18. The largest absolute Gasteiger partial charge is 0.493 e. The molecule has 0 radical (unpaired) electrons. The fraction of sp³-hybridized carbons (Fsp3) is 0.308. The van der Waals surface area contributed by atoms with Crippen LogP contribution in [-0.2, 0) is 4.79 Å². The first-order valence-corrected chi connectivity index (χ1v) is 5.19. The van der Waals surface area contributed by atoms with Gasteiger partial charge in [-0.3, -0.25) is 4.79 Å². The van der Waals surface area contributed by atoms with Gasteiger partial charge in [0, 0.05) is 0 Å². The Balaban J connectivity index is 2.38. The number of benzene rings is 1. The molecule has 17 heavy (non-hydrogen) atoms. The number of carbonyl (C=O) groups is 1. The van der Waals surface area contributed by atoms with Crippen molar-refractivity contribution in [2.75, 3.05) is 13.2 Å². The van der Waals surface area contributed by atoms with Crippen molar-refractivity contribution in [1.82, 2.24) is 0 Å². The number of hydrogen-bond acceptors (Lipinski definition) is 3. The lowest BCUT2D eigenvalue weighted by Crippen LogP contribution is -2.04. The van der Waals surface area contributed by atoms with Gasteiger partial charge in [0.15, 0.2) is 0 Å². The molecule has 0 aromatic heterocycles. The van der Waals surface area contributed by atoms with E-state index in [0.717, 1.165) is 0 Å². The zero-order valence-corrected chi connectivity index (χ0v) is 9.60. The van der Waals surface area contributed by atoms with Crippen LogP contribution < -0.4 is 9.47 Å². The molecule has 0 spiro atoms. The summed E-state index contributed by atoms with van der Waals surface area (Å²) in [5.74, 6) is 5.98. The summed E-state index contributed by atoms with van der Waals surface area (Å²) in [6.07, 6.45) is -0.00958. The van der Waals surface area contributed by atoms with Crippen LogP contribution in [0.15, 0.2) is 24.3 Å². The Morgan fingerprint density at radius 1 is 1.24 bits per heavy atom. The van der Waals surface area contributed by atoms with Gasteiger partial charge in [-0.25, -0.2) is 0 Å². The minimum absolute atomic E-state index is 0.00958. The first-order valence-electron chi connectivity index (χ1n) is 5.19. The van der Waals surface area contributed by atoms with Gasteiger partial charge in [0.1, 0.15) is 18.1 Å². The van der Waals surface area contributed by atoms with Crippen LogP contribution in [0.5, 0.6) is 11.5 Å². The third-order valence-electron chi connectivity index (χ3n) is 1.90. The van der Waals surface area contributed by atoms with Gasteiger partial charge in [0.05, 0.1) is 13.0 Å². The third-order valence-corrected chi connectivity index (χ3v) is 1.90. The molecule has 0 fully saturated rings. The molecule has 0 aliphatic rings. The molecule has 0 unspecified atom stereocenters. The molecule has 4 heteroatoms. The van der Waals surface area contributed by atoms with Crippen LogP contribution in [0.1, 0.15) is 13.3 Å². The topological polar surface area (TPSA) is 55.8 Å². The molecule has 0 heterocycles. The monoisotopic (exact) mass is 234 g/mol. The second kappa shape index (κ2) is 7.18. The highest BCUT2D eigenvalue weighted by Gasteiger charge is 1.99. The van der Waals surface area contributed by atoms with Crippen molar-refractivity contribution in [3.05, 3.63) is 24.3 Å². The van der Waals surface area contributed by atoms with Gasteiger partial charge in [0.25, 0.3) is 0 Å². The van der Waals surface area contributed by atoms with Crippen molar-refractivity contribution in [2.45, 2.75) is 13.3 Å². The molecule has 1 rings (SSSR count). The molecule has 0 atom stereocenters. The fourth-order valence-electron chi connectivity index (χ4n) is 1.08. The molecule has 0 saturated carbocycles. The highest BCUT2D eigenvalue weighted by atomic mass is 16.5. The summed E-state index contributed by atoms with van der Waals surface area (Å²) in [4.78, 5) is 10.3. The molecule has 1 N–H and O–H groups in total. The summed E-state index contributed by atoms with van der Waals surface area (Å²) in [6.45, 7) is 2.27. The molecular weight excluding hydrogens is 220 g/mol. The quantitative estimate of drug-likeness (QED) is 0.764. The second-order valence-corrected chi connectivity index (χ2v) is 3.18. The van der Waals surface area contributed by atoms with E-state index < -0.39 is 5.97 Å². The Labute approximate surface area is 100 Å². The van der Waals surface area contributed by atoms with E-state index in [9.17, 15) is 4.79 Å². The maximum absolute atomic E-state index is 10.3. The van der Waals surface area contributed by atoms with Gasteiger partial charge in [-0.1, -0.05) is 5.92 Å². The van der Waals surface area contributed by atoms with Crippen LogP contribution >= 0.6 is 0 Å². The van der Waals surface area contributed by atoms with Crippen molar-refractivity contribution >= 4 is 5.97 Å². The molecule has 0 aliphatic carbocycles. The minimum Gasteiger partial charge on any atom is -0.493 e. The number of ether oxygens (including phenoxy) is 2. The lowest BCUT2D eigenvalue weighted by Gasteiger charge is -2.06. The van der Waals surface area contributed by atoms with E-state index in [1.165, 1.54) is 0 Å². The standard InChI is InChI=1S/C13H14O4/c1-2-3-9-16-11-4-6-12(7-5-11)17-10-8-13(14)15/h4-7H,8-10H2,1H3,(H,14,15). The van der Waals surface area contributed by atoms with Gasteiger partial charge in [-0.2, -0.15) is 0 Å². The number of hydrogen-bond donors (Lipinski definition) is 1. The minimum atomic E-state index is -0.872. The van der Waals surface area contributed by atoms with E-state index >= 15 is 0 Å². The summed E-state index contributed by atoms with van der Waals surface area (Å²) >= 11 is 0. The Bertz CT molecular complexity index is 411. The smallest absolute Gasteiger partial charge is 0.306 e. The van der Waals surface area contributed by atoms with Gasteiger partial charge in [0.2, 0.25) is 0 Å². The number of carboxylic acids is 1. The Morgan fingerprint density at radius 3 is 2.35 bits per heavy atom. The summed E-state index contributed by atoms with van der Waals surface area (Å²) < 4.78 is 10.6. The van der Waals surface area contributed by atoms with Gasteiger partial charge in [-0.05, 0) is 31.2 Å². The van der Waals surface area contributed by atoms with E-state index in [2.05, 4.69) is 11.8 Å². The van der Waals surface area contributed by atoms with Gasteiger partial charge < -0.3 is 14.6 Å². The van der Waals surface area contributed by atoms with Gasteiger partial charge >= 0.3 is 5.97 Å². The number of rotatable bonds is 6. The van der Waals surface area contributed by atoms with Crippen LogP contribution in [0.25, 0.3) is 0 Å². The summed E-state index contributed by atoms with van der Waals surface area (Å²) in [5.41, 5.74) is 0. The summed E-state index contributed by atoms with van der Waals surface area (Å²) in [6, 6.07) is 6.98. The van der Waals surface area contributed by atoms with Crippen LogP contribution in [0.4, 0.5) is 0 Å². The third kappa shape index (κ3) is 5.47. The number of aliphatic carboxylic acids is 1. The van der Waals surface area contributed by atoms with E-state index in [-0.39, 0.29) is 13.0 Å². The van der Waals surface area contributed by atoms with Crippen molar-refractivity contribution in [3.8, 4) is 23.3 Å². The van der Waals surface area contributed by atoms with Gasteiger partial charge in [-0.15, -0.1) is 5.92 Å². The maximum atomic E-state index is 10.3. The normalized spacial score (nSPS) is 9.00. The average molecular weight is 234 g/mol. The highest BCUT2D eigenvalue weighted by Crippen LogP contribution is 2.17. The SMILES string of the molecule is CC#CCOc1ccc(OCCC(=O)O)cc1. The maximum Gasteiger partial charge on any atom is 0.306 e. The first-order chi connectivity index (χ1) is 8.22. The van der Waals surface area contributed by atoms with Crippen LogP contribution in [0.3, 0.4) is 0 Å². The van der Waals surface area contributed by atoms with Crippen LogP contribution in [0, 0.1) is 11.8 Å². The van der Waals surface area contributed by atoms with Crippen LogP contribution in [0.2, 0.25) is 0 Å². The molecule has 0 amide bonds. The van der Waals surface area contributed by atoms with Crippen LogP contribution in [-0.4, -0.2) is 24.3 Å². The molecule has 0 aliphatic heterocycles. The summed E-state index contributed by atoms with van der Waals surface area (Å²) in [5, 5.41) is 8.44. The lowest BCUT2D eigenvalue weighted by molar-refractivity contribution is -0.137. The predicted octanol–water partition coefficient (Wildman–Crippen LogP) is 1.94. The molecule has 4 nitrogen and oxygen atoms in total. The van der Waals surface area contributed by atoms with Crippen molar-refractivity contribution in [2.24, 2.45) is 0 Å². The predicted molar refractivity (Wildman–Crippen MR) is 63.1 cm³/mol. The zero-order chi connectivity index (χ0) is 12.5. The highest BCUT2D eigenvalue weighted by molar-refractivity contribution is 5.66. The van der Waals surface area contributed by atoms with Crippen molar-refractivity contribution in [1.29, 1.82) is 0 Å². The molecule has 0 saturated heterocycles. The number of carboxylic acid groups (broad SMARTS) is 1. The lowest BCUT2D eigenvalue weighted by atomic mass is 10.3. The molecule has 90 valence electrons. The Kier molecular flexibility index (Phi) is 5.45. The van der Waals surface area contributed by atoms with E-state index in [0.29, 0.717) is 18.1 Å². The average Bonchev–Trinajstić information content (AvgIpc) is 2.31. The van der Waals surface area contributed by atoms with E-state index in [1.54, 1.807) is 31.2 Å². The molecule has 1 aromatic carbocycles. The molecule has 0 bridgehead atoms. The van der Waals surface area contributed by atoms with E-state index in [4.69, 9.17) is 14.6 Å². The van der Waals surface area contributed by atoms with E-state index in [1.807, 2.05) is 0 Å². The first kappa shape index (κ1) is 12.9. The molecule has 1 aromatic rings. The van der Waals surface area contributed by atoms with Crippen molar-refractivity contribution < 1.29 is 19.4 Å². The Hall–Kier alpha value is -2.15.